The Morgan fingerprint density at radius 2 is 2.17 bits per heavy atom. The molecule has 1 aliphatic rings. The molecule has 1 heterocycles. The maximum absolute atomic E-state index is 11.3. The van der Waals surface area contributed by atoms with Crippen LogP contribution in [-0.4, -0.2) is 43.7 Å². The van der Waals surface area contributed by atoms with E-state index in [-0.39, 0.29) is 5.91 Å². The fraction of sp³-hybridized carbons (Fsp3) is 0.625. The van der Waals surface area contributed by atoms with Crippen LogP contribution in [0.1, 0.15) is 0 Å². The van der Waals surface area contributed by atoms with Crippen LogP contribution in [0.5, 0.6) is 0 Å². The molecule has 1 fully saturated rings. The predicted octanol–water partition coefficient (Wildman–Crippen LogP) is -0.640. The molecule has 12 heavy (non-hydrogen) atoms. The van der Waals surface area contributed by atoms with E-state index in [0.29, 0.717) is 32.8 Å². The van der Waals surface area contributed by atoms with Gasteiger partial charge in [-0.2, -0.15) is 0 Å². The zero-order chi connectivity index (χ0) is 8.81. The summed E-state index contributed by atoms with van der Waals surface area (Å²) in [5, 5.41) is 0. The highest BCUT2D eigenvalue weighted by molar-refractivity contribution is 5.87. The molecular formula is C8H14N2O2. The van der Waals surface area contributed by atoms with E-state index in [1.807, 2.05) is 0 Å². The lowest BCUT2D eigenvalue weighted by atomic mass is 10.3. The molecule has 0 radical (unpaired) electrons. The van der Waals surface area contributed by atoms with E-state index in [1.165, 1.54) is 6.08 Å². The molecule has 0 spiro atoms. The number of carbonyl (C=O) groups is 1. The Balaban J connectivity index is 2.34. The van der Waals surface area contributed by atoms with Gasteiger partial charge < -0.3 is 15.4 Å². The zero-order valence-electron chi connectivity index (χ0n) is 7.03. The van der Waals surface area contributed by atoms with E-state index < -0.39 is 0 Å². The lowest BCUT2D eigenvalue weighted by Crippen LogP contribution is -2.39. The number of rotatable bonds is 2. The van der Waals surface area contributed by atoms with Crippen molar-refractivity contribution in [2.24, 2.45) is 5.73 Å². The Morgan fingerprint density at radius 3 is 2.75 bits per heavy atom. The summed E-state index contributed by atoms with van der Waals surface area (Å²) in [5.41, 5.74) is 5.22. The molecule has 2 N–H and O–H groups in total. The maximum atomic E-state index is 11.3. The minimum absolute atomic E-state index is 0.0313. The summed E-state index contributed by atoms with van der Waals surface area (Å²) in [5.74, 6) is 0.0313. The maximum Gasteiger partial charge on any atom is 0.246 e. The highest BCUT2D eigenvalue weighted by Gasteiger charge is 2.13. The predicted molar refractivity (Wildman–Crippen MR) is 45.6 cm³/mol. The average Bonchev–Trinajstić information content (AvgIpc) is 2.15. The van der Waals surface area contributed by atoms with Gasteiger partial charge in [0.15, 0.2) is 0 Å². The van der Waals surface area contributed by atoms with Gasteiger partial charge in [0, 0.05) is 25.7 Å². The monoisotopic (exact) mass is 170 g/mol. The molecular weight excluding hydrogens is 156 g/mol. The van der Waals surface area contributed by atoms with Crippen LogP contribution in [0.2, 0.25) is 0 Å². The first-order valence-electron chi connectivity index (χ1n) is 4.08. The van der Waals surface area contributed by atoms with Crippen LogP contribution >= 0.6 is 0 Å². The molecule has 4 nitrogen and oxygen atoms in total. The number of nitrogens with two attached hydrogens (primary N) is 1. The number of nitrogens with zero attached hydrogens (tertiary/aromatic N) is 1. The summed E-state index contributed by atoms with van der Waals surface area (Å²) >= 11 is 0. The van der Waals surface area contributed by atoms with Gasteiger partial charge in [0.1, 0.15) is 0 Å². The third-order valence-electron chi connectivity index (χ3n) is 1.72. The van der Waals surface area contributed by atoms with Crippen molar-refractivity contribution in [1.29, 1.82) is 0 Å². The topological polar surface area (TPSA) is 55.6 Å². The second-order valence-electron chi connectivity index (χ2n) is 2.58. The molecule has 0 aromatic carbocycles. The van der Waals surface area contributed by atoms with Gasteiger partial charge in [-0.05, 0) is 0 Å². The fourth-order valence-electron chi connectivity index (χ4n) is 1.06. The van der Waals surface area contributed by atoms with Crippen molar-refractivity contribution in [2.75, 3.05) is 32.8 Å². The third-order valence-corrected chi connectivity index (χ3v) is 1.72. The van der Waals surface area contributed by atoms with Crippen LogP contribution in [0.4, 0.5) is 0 Å². The molecule has 1 rings (SSSR count). The fourth-order valence-corrected chi connectivity index (χ4v) is 1.06. The van der Waals surface area contributed by atoms with E-state index in [2.05, 4.69) is 0 Å². The smallest absolute Gasteiger partial charge is 0.246 e. The van der Waals surface area contributed by atoms with Gasteiger partial charge in [0.25, 0.3) is 0 Å². The van der Waals surface area contributed by atoms with Gasteiger partial charge in [-0.25, -0.2) is 0 Å². The van der Waals surface area contributed by atoms with Crippen molar-refractivity contribution >= 4 is 5.91 Å². The largest absolute Gasteiger partial charge is 0.378 e. The standard InChI is InChI=1S/C8H14N2O2/c9-3-1-2-8(11)10-4-6-12-7-5-10/h1-2H,3-7,9H2/b2-1+. The highest BCUT2D eigenvalue weighted by atomic mass is 16.5. The minimum atomic E-state index is 0.0313. The van der Waals surface area contributed by atoms with Crippen molar-refractivity contribution < 1.29 is 9.53 Å². The van der Waals surface area contributed by atoms with Gasteiger partial charge in [-0.15, -0.1) is 0 Å². The summed E-state index contributed by atoms with van der Waals surface area (Å²) in [6, 6.07) is 0. The number of ether oxygens (including phenoxy) is 1. The van der Waals surface area contributed by atoms with E-state index in [9.17, 15) is 4.79 Å². The molecule has 0 aliphatic carbocycles. The van der Waals surface area contributed by atoms with Crippen molar-refractivity contribution in [3.8, 4) is 0 Å². The summed E-state index contributed by atoms with van der Waals surface area (Å²) in [7, 11) is 0. The normalized spacial score (nSPS) is 18.6. The Bertz CT molecular complexity index is 174. The van der Waals surface area contributed by atoms with Gasteiger partial charge in [-0.1, -0.05) is 6.08 Å². The van der Waals surface area contributed by atoms with Crippen LogP contribution < -0.4 is 5.73 Å². The molecule has 1 saturated heterocycles. The van der Waals surface area contributed by atoms with Crippen LogP contribution in [-0.2, 0) is 9.53 Å². The zero-order valence-corrected chi connectivity index (χ0v) is 7.03. The molecule has 68 valence electrons. The van der Waals surface area contributed by atoms with Crippen molar-refractivity contribution in [3.63, 3.8) is 0 Å². The molecule has 0 aromatic rings. The molecule has 0 saturated carbocycles. The first kappa shape index (κ1) is 9.22. The minimum Gasteiger partial charge on any atom is -0.378 e. The number of morpholine rings is 1. The molecule has 4 heteroatoms. The van der Waals surface area contributed by atoms with Crippen LogP contribution in [0, 0.1) is 0 Å². The van der Waals surface area contributed by atoms with E-state index >= 15 is 0 Å². The summed E-state index contributed by atoms with van der Waals surface area (Å²) in [4.78, 5) is 13.0. The van der Waals surface area contributed by atoms with E-state index in [4.69, 9.17) is 10.5 Å². The lowest BCUT2D eigenvalue weighted by Gasteiger charge is -2.25. The van der Waals surface area contributed by atoms with Crippen LogP contribution in [0.3, 0.4) is 0 Å². The summed E-state index contributed by atoms with van der Waals surface area (Å²) in [6.45, 7) is 3.07. The third kappa shape index (κ3) is 2.64. The lowest BCUT2D eigenvalue weighted by molar-refractivity contribution is -0.129. The van der Waals surface area contributed by atoms with Crippen LogP contribution in [0.25, 0.3) is 0 Å². The Hall–Kier alpha value is -0.870. The molecule has 0 bridgehead atoms. The highest BCUT2D eigenvalue weighted by Crippen LogP contribution is 1.97. The van der Waals surface area contributed by atoms with Gasteiger partial charge >= 0.3 is 0 Å². The molecule has 0 unspecified atom stereocenters. The molecule has 0 aromatic heterocycles. The molecule has 1 amide bonds. The van der Waals surface area contributed by atoms with Crippen LogP contribution in [0.15, 0.2) is 12.2 Å². The summed E-state index contributed by atoms with van der Waals surface area (Å²) in [6.07, 6.45) is 3.18. The van der Waals surface area contributed by atoms with Gasteiger partial charge in [0.2, 0.25) is 5.91 Å². The SMILES string of the molecule is NC/C=C/C(=O)N1CCOCC1. The Morgan fingerprint density at radius 1 is 1.50 bits per heavy atom. The number of hydrogen-bond acceptors (Lipinski definition) is 3. The number of amides is 1. The van der Waals surface area contributed by atoms with E-state index in [1.54, 1.807) is 11.0 Å². The number of carbonyl (C=O) groups excluding carboxylic acids is 1. The first-order valence-corrected chi connectivity index (χ1v) is 4.08. The summed E-state index contributed by atoms with van der Waals surface area (Å²) < 4.78 is 5.11. The Kier molecular flexibility index (Phi) is 3.76. The Labute approximate surface area is 72.0 Å². The average molecular weight is 170 g/mol. The second-order valence-corrected chi connectivity index (χ2v) is 2.58. The first-order chi connectivity index (χ1) is 5.84. The van der Waals surface area contributed by atoms with Crippen molar-refractivity contribution in [2.45, 2.75) is 0 Å². The van der Waals surface area contributed by atoms with Gasteiger partial charge in [-0.3, -0.25) is 4.79 Å². The van der Waals surface area contributed by atoms with Crippen molar-refractivity contribution in [1.82, 2.24) is 4.90 Å². The molecule has 1 aliphatic heterocycles. The van der Waals surface area contributed by atoms with Gasteiger partial charge in [0.05, 0.1) is 13.2 Å². The van der Waals surface area contributed by atoms with E-state index in [0.717, 1.165) is 0 Å². The van der Waals surface area contributed by atoms with Crippen molar-refractivity contribution in [3.05, 3.63) is 12.2 Å². The molecule has 0 atom stereocenters. The quantitative estimate of drug-likeness (QED) is 0.561. The second kappa shape index (κ2) is 4.90. The number of hydrogen-bond donors (Lipinski definition) is 1.